The summed E-state index contributed by atoms with van der Waals surface area (Å²) in [5.74, 6) is 2.53. The Hall–Kier alpha value is -3.57. The fourth-order valence-corrected chi connectivity index (χ4v) is 4.63. The van der Waals surface area contributed by atoms with Gasteiger partial charge in [-0.3, -0.25) is 24.5 Å². The fourth-order valence-electron chi connectivity index (χ4n) is 4.63. The summed E-state index contributed by atoms with van der Waals surface area (Å²) in [6, 6.07) is 3.88. The smallest absolute Gasteiger partial charge is 0.246 e. The molecule has 4 heterocycles. The van der Waals surface area contributed by atoms with Crippen molar-refractivity contribution in [3.63, 3.8) is 0 Å². The molecular formula is C24H31N7O4. The molecule has 35 heavy (non-hydrogen) atoms. The zero-order valence-corrected chi connectivity index (χ0v) is 19.9. The minimum atomic E-state index is -0.490. The van der Waals surface area contributed by atoms with Gasteiger partial charge in [-0.2, -0.15) is 0 Å². The third kappa shape index (κ3) is 4.56. The van der Waals surface area contributed by atoms with Gasteiger partial charge >= 0.3 is 0 Å². The minimum Gasteiger partial charge on any atom is -0.491 e. The topological polar surface area (TPSA) is 131 Å². The van der Waals surface area contributed by atoms with Gasteiger partial charge in [-0.15, -0.1) is 0 Å². The highest BCUT2D eigenvalue weighted by Gasteiger charge is 2.36. The Morgan fingerprint density at radius 3 is 2.77 bits per heavy atom. The van der Waals surface area contributed by atoms with Crippen LogP contribution in [-0.4, -0.2) is 98.6 Å². The molecule has 1 fully saturated rings. The molecule has 5 rings (SSSR count). The normalized spacial score (nSPS) is 19.8. The van der Waals surface area contributed by atoms with Crippen LogP contribution in [0.15, 0.2) is 45.7 Å². The SMILES string of the molecule is COc1c(OCCCN2CCOCC2)ccc2c1N=C(N1CC(C(N)=O)=CC=C1N)N1CCN=C21. The minimum absolute atomic E-state index is 0.232. The molecule has 4 N–H and O–H groups in total. The van der Waals surface area contributed by atoms with Gasteiger partial charge in [0.1, 0.15) is 17.3 Å². The number of rotatable bonds is 7. The van der Waals surface area contributed by atoms with Gasteiger partial charge < -0.3 is 25.7 Å². The van der Waals surface area contributed by atoms with Crippen molar-refractivity contribution in [2.45, 2.75) is 6.42 Å². The highest BCUT2D eigenvalue weighted by molar-refractivity contribution is 6.17. The van der Waals surface area contributed by atoms with Crippen molar-refractivity contribution < 1.29 is 19.0 Å². The quantitative estimate of drug-likeness (QED) is 0.535. The molecule has 186 valence electrons. The first kappa shape index (κ1) is 23.2. The molecular weight excluding hydrogens is 450 g/mol. The summed E-state index contributed by atoms with van der Waals surface area (Å²) < 4.78 is 17.3. The van der Waals surface area contributed by atoms with E-state index in [0.717, 1.165) is 50.7 Å². The molecule has 0 spiro atoms. The van der Waals surface area contributed by atoms with Gasteiger partial charge in [-0.1, -0.05) is 0 Å². The summed E-state index contributed by atoms with van der Waals surface area (Å²) in [6.45, 7) is 6.53. The molecule has 0 saturated carbocycles. The molecule has 0 atom stereocenters. The highest BCUT2D eigenvalue weighted by atomic mass is 16.5. The van der Waals surface area contributed by atoms with Crippen molar-refractivity contribution in [1.82, 2.24) is 14.7 Å². The number of aliphatic imine (C=N–C) groups is 2. The van der Waals surface area contributed by atoms with Crippen LogP contribution < -0.4 is 20.9 Å². The maximum absolute atomic E-state index is 11.8. The van der Waals surface area contributed by atoms with Crippen molar-refractivity contribution in [2.24, 2.45) is 21.5 Å². The number of hydrogen-bond donors (Lipinski definition) is 2. The maximum atomic E-state index is 11.8. The summed E-state index contributed by atoms with van der Waals surface area (Å²) in [6.07, 6.45) is 4.21. The first-order valence-corrected chi connectivity index (χ1v) is 11.9. The van der Waals surface area contributed by atoms with Gasteiger partial charge in [0.15, 0.2) is 11.5 Å². The van der Waals surface area contributed by atoms with E-state index >= 15 is 0 Å². The van der Waals surface area contributed by atoms with E-state index in [1.54, 1.807) is 24.2 Å². The van der Waals surface area contributed by atoms with Crippen LogP contribution in [0.3, 0.4) is 0 Å². The molecule has 0 unspecified atom stereocenters. The Labute approximate surface area is 204 Å². The van der Waals surface area contributed by atoms with E-state index in [2.05, 4.69) is 4.90 Å². The van der Waals surface area contributed by atoms with E-state index in [0.29, 0.717) is 54.2 Å². The number of fused-ring (bicyclic) bond motifs is 3. The predicted octanol–water partition coefficient (Wildman–Crippen LogP) is 0.387. The molecule has 1 aromatic rings. The molecule has 4 aliphatic rings. The number of amides is 1. The van der Waals surface area contributed by atoms with Crippen LogP contribution in [-0.2, 0) is 9.53 Å². The highest BCUT2D eigenvalue weighted by Crippen LogP contribution is 2.44. The first-order chi connectivity index (χ1) is 17.1. The molecule has 0 bridgehead atoms. The van der Waals surface area contributed by atoms with Gasteiger partial charge in [0.25, 0.3) is 0 Å². The van der Waals surface area contributed by atoms with Gasteiger partial charge in [-0.25, -0.2) is 4.99 Å². The number of primary amides is 1. The number of nitrogens with two attached hydrogens (primary N) is 2. The van der Waals surface area contributed by atoms with Gasteiger partial charge in [0.05, 0.1) is 40.0 Å². The van der Waals surface area contributed by atoms with E-state index in [4.69, 9.17) is 35.7 Å². The number of amidine groups is 1. The Morgan fingerprint density at radius 2 is 2.00 bits per heavy atom. The van der Waals surface area contributed by atoms with E-state index < -0.39 is 5.91 Å². The number of carbonyl (C=O) groups is 1. The summed E-state index contributed by atoms with van der Waals surface area (Å²) in [5.41, 5.74) is 13.8. The van der Waals surface area contributed by atoms with Crippen LogP contribution >= 0.6 is 0 Å². The van der Waals surface area contributed by atoms with Crippen molar-refractivity contribution in [1.29, 1.82) is 0 Å². The standard InChI is InChI=1S/C24H31N7O4/c1-33-21-18(35-12-2-8-29-10-13-34-14-11-29)5-4-17-20(21)28-24(30-9-7-27-23(17)30)31-15-16(22(26)32)3-6-19(31)25/h3-6H,2,7-15,25H2,1H3,(H2,26,32). The van der Waals surface area contributed by atoms with Crippen LogP contribution in [0.1, 0.15) is 12.0 Å². The second-order valence-electron chi connectivity index (χ2n) is 8.65. The average molecular weight is 482 g/mol. The molecule has 0 radical (unpaired) electrons. The van der Waals surface area contributed by atoms with Crippen molar-refractivity contribution >= 4 is 23.4 Å². The zero-order chi connectivity index (χ0) is 24.4. The van der Waals surface area contributed by atoms with Crippen molar-refractivity contribution in [2.75, 3.05) is 66.2 Å². The predicted molar refractivity (Wildman–Crippen MR) is 132 cm³/mol. The van der Waals surface area contributed by atoms with Gasteiger partial charge in [0.2, 0.25) is 11.9 Å². The largest absolute Gasteiger partial charge is 0.491 e. The summed E-state index contributed by atoms with van der Waals surface area (Å²) in [4.78, 5) is 27.6. The summed E-state index contributed by atoms with van der Waals surface area (Å²) >= 11 is 0. The number of carbonyl (C=O) groups excluding carboxylic acids is 1. The lowest BCUT2D eigenvalue weighted by Crippen LogP contribution is -2.50. The Kier molecular flexibility index (Phi) is 6.60. The Bertz CT molecular complexity index is 1120. The van der Waals surface area contributed by atoms with Crippen LogP contribution in [0.2, 0.25) is 0 Å². The third-order valence-electron chi connectivity index (χ3n) is 6.47. The van der Waals surface area contributed by atoms with Crippen molar-refractivity contribution in [3.8, 4) is 11.5 Å². The Balaban J connectivity index is 1.40. The molecule has 1 saturated heterocycles. The first-order valence-electron chi connectivity index (χ1n) is 11.9. The molecule has 4 aliphatic heterocycles. The second-order valence-corrected chi connectivity index (χ2v) is 8.65. The van der Waals surface area contributed by atoms with Crippen LogP contribution in [0, 0.1) is 0 Å². The monoisotopic (exact) mass is 481 g/mol. The van der Waals surface area contributed by atoms with E-state index in [1.165, 1.54) is 0 Å². The van der Waals surface area contributed by atoms with E-state index in [9.17, 15) is 4.79 Å². The van der Waals surface area contributed by atoms with Crippen LogP contribution in [0.25, 0.3) is 0 Å². The average Bonchev–Trinajstić information content (AvgIpc) is 3.37. The molecule has 11 nitrogen and oxygen atoms in total. The molecule has 1 aromatic carbocycles. The number of guanidine groups is 1. The second kappa shape index (κ2) is 9.96. The molecule has 0 aromatic heterocycles. The lowest BCUT2D eigenvalue weighted by atomic mass is 10.1. The number of methoxy groups -OCH3 is 1. The molecule has 11 heteroatoms. The lowest BCUT2D eigenvalue weighted by molar-refractivity contribution is -0.114. The van der Waals surface area contributed by atoms with Crippen molar-refractivity contribution in [3.05, 3.63) is 41.2 Å². The van der Waals surface area contributed by atoms with Crippen LogP contribution in [0.4, 0.5) is 5.69 Å². The number of morpholine rings is 1. The summed E-state index contributed by atoms with van der Waals surface area (Å²) in [7, 11) is 1.61. The third-order valence-corrected chi connectivity index (χ3v) is 6.47. The molecule has 0 aliphatic carbocycles. The lowest BCUT2D eigenvalue weighted by Gasteiger charge is -2.36. The zero-order valence-electron chi connectivity index (χ0n) is 19.9. The van der Waals surface area contributed by atoms with E-state index in [-0.39, 0.29) is 6.54 Å². The molecule has 1 amide bonds. The number of nitrogens with zero attached hydrogens (tertiary/aromatic N) is 5. The van der Waals surface area contributed by atoms with Gasteiger partial charge in [-0.05, 0) is 30.7 Å². The van der Waals surface area contributed by atoms with Crippen LogP contribution in [0.5, 0.6) is 11.5 Å². The van der Waals surface area contributed by atoms with E-state index in [1.807, 2.05) is 17.0 Å². The Morgan fingerprint density at radius 1 is 1.17 bits per heavy atom. The number of ether oxygens (including phenoxy) is 3. The summed E-state index contributed by atoms with van der Waals surface area (Å²) in [5, 5.41) is 0. The fraction of sp³-hybridized carbons (Fsp3) is 0.458. The number of hydrogen-bond acceptors (Lipinski definition) is 10. The maximum Gasteiger partial charge on any atom is 0.246 e. The number of benzene rings is 1. The van der Waals surface area contributed by atoms with Gasteiger partial charge in [0, 0.05) is 37.3 Å². The number of allylic oxidation sites excluding steroid dienone is 2.